The third-order valence-corrected chi connectivity index (χ3v) is 3.52. The highest BCUT2D eigenvalue weighted by Gasteiger charge is 2.18. The summed E-state index contributed by atoms with van der Waals surface area (Å²) in [6.45, 7) is 3.72. The van der Waals surface area contributed by atoms with Gasteiger partial charge in [-0.05, 0) is 30.5 Å². The van der Waals surface area contributed by atoms with Crippen LogP contribution in [-0.2, 0) is 0 Å². The van der Waals surface area contributed by atoms with Gasteiger partial charge in [-0.25, -0.2) is 4.39 Å². The van der Waals surface area contributed by atoms with E-state index in [1.54, 1.807) is 19.1 Å². The smallest absolute Gasteiger partial charge is 0.254 e. The molecule has 3 heteroatoms. The van der Waals surface area contributed by atoms with Gasteiger partial charge in [-0.1, -0.05) is 55.8 Å². The fourth-order valence-electron chi connectivity index (χ4n) is 2.35. The fourth-order valence-corrected chi connectivity index (χ4v) is 2.35. The number of hydrogen-bond acceptors (Lipinski definition) is 1. The predicted octanol–water partition coefficient (Wildman–Crippen LogP) is 4.41. The summed E-state index contributed by atoms with van der Waals surface area (Å²) < 4.78 is 14.0. The lowest BCUT2D eigenvalue weighted by molar-refractivity contribution is 0.0930. The SMILES string of the molecule is CCCC(NC(=O)c1cccc(C)c1F)c1ccccc1. The van der Waals surface area contributed by atoms with Crippen molar-refractivity contribution in [3.8, 4) is 0 Å². The molecule has 0 aliphatic rings. The van der Waals surface area contributed by atoms with Gasteiger partial charge < -0.3 is 5.32 Å². The third-order valence-electron chi connectivity index (χ3n) is 3.52. The van der Waals surface area contributed by atoms with E-state index in [0.717, 1.165) is 18.4 Å². The molecule has 0 heterocycles. The Morgan fingerprint density at radius 2 is 1.86 bits per heavy atom. The molecule has 0 aliphatic heterocycles. The minimum absolute atomic E-state index is 0.0939. The largest absolute Gasteiger partial charge is 0.345 e. The van der Waals surface area contributed by atoms with Crippen molar-refractivity contribution in [3.63, 3.8) is 0 Å². The standard InChI is InChI=1S/C18H20FNO/c1-3-8-16(14-10-5-4-6-11-14)20-18(21)15-12-7-9-13(2)17(15)19/h4-7,9-12,16H,3,8H2,1-2H3,(H,20,21). The van der Waals surface area contributed by atoms with Crippen LogP contribution in [0.25, 0.3) is 0 Å². The van der Waals surface area contributed by atoms with Crippen LogP contribution in [0.4, 0.5) is 4.39 Å². The van der Waals surface area contributed by atoms with Crippen molar-refractivity contribution in [2.75, 3.05) is 0 Å². The molecule has 0 spiro atoms. The Labute approximate surface area is 125 Å². The van der Waals surface area contributed by atoms with E-state index >= 15 is 0 Å². The van der Waals surface area contributed by atoms with Gasteiger partial charge in [0.1, 0.15) is 5.82 Å². The van der Waals surface area contributed by atoms with Crippen molar-refractivity contribution >= 4 is 5.91 Å². The molecule has 2 aromatic rings. The average Bonchev–Trinajstić information content (AvgIpc) is 2.50. The second-order valence-electron chi connectivity index (χ2n) is 5.16. The molecule has 0 aliphatic carbocycles. The average molecular weight is 285 g/mol. The first kappa shape index (κ1) is 15.2. The van der Waals surface area contributed by atoms with Gasteiger partial charge in [0.05, 0.1) is 11.6 Å². The molecule has 0 saturated heterocycles. The Hall–Kier alpha value is -2.16. The molecule has 0 bridgehead atoms. The van der Waals surface area contributed by atoms with Crippen LogP contribution >= 0.6 is 0 Å². The molecule has 21 heavy (non-hydrogen) atoms. The van der Waals surface area contributed by atoms with E-state index in [0.29, 0.717) is 5.56 Å². The summed E-state index contributed by atoms with van der Waals surface area (Å²) in [5, 5.41) is 2.94. The number of amides is 1. The van der Waals surface area contributed by atoms with Crippen molar-refractivity contribution < 1.29 is 9.18 Å². The summed E-state index contributed by atoms with van der Waals surface area (Å²) in [7, 11) is 0. The van der Waals surface area contributed by atoms with Gasteiger partial charge in [0, 0.05) is 0 Å². The van der Waals surface area contributed by atoms with E-state index in [4.69, 9.17) is 0 Å². The summed E-state index contributed by atoms with van der Waals surface area (Å²) in [6, 6.07) is 14.6. The van der Waals surface area contributed by atoms with E-state index < -0.39 is 5.82 Å². The van der Waals surface area contributed by atoms with E-state index in [1.165, 1.54) is 6.07 Å². The lowest BCUT2D eigenvalue weighted by Crippen LogP contribution is -2.29. The van der Waals surface area contributed by atoms with E-state index in [9.17, 15) is 9.18 Å². The summed E-state index contributed by atoms with van der Waals surface area (Å²) >= 11 is 0. The van der Waals surface area contributed by atoms with Crippen LogP contribution in [-0.4, -0.2) is 5.91 Å². The molecule has 1 amide bonds. The number of rotatable bonds is 5. The molecular weight excluding hydrogens is 265 g/mol. The molecule has 2 nitrogen and oxygen atoms in total. The van der Waals surface area contributed by atoms with Gasteiger partial charge in [0.2, 0.25) is 0 Å². The molecule has 1 unspecified atom stereocenters. The maximum atomic E-state index is 14.0. The molecule has 2 rings (SSSR count). The first-order chi connectivity index (χ1) is 10.1. The topological polar surface area (TPSA) is 29.1 Å². The van der Waals surface area contributed by atoms with E-state index in [1.807, 2.05) is 30.3 Å². The molecule has 0 saturated carbocycles. The van der Waals surface area contributed by atoms with Crippen LogP contribution in [0.1, 0.15) is 47.3 Å². The molecule has 0 aromatic heterocycles. The Balaban J connectivity index is 2.21. The first-order valence-electron chi connectivity index (χ1n) is 7.24. The Kier molecular flexibility index (Phi) is 5.09. The van der Waals surface area contributed by atoms with Crippen LogP contribution in [0.3, 0.4) is 0 Å². The highest BCUT2D eigenvalue weighted by molar-refractivity contribution is 5.94. The monoisotopic (exact) mass is 285 g/mol. The minimum atomic E-state index is -0.446. The number of halogens is 1. The molecule has 2 aromatic carbocycles. The Morgan fingerprint density at radius 3 is 2.52 bits per heavy atom. The zero-order valence-corrected chi connectivity index (χ0v) is 12.4. The van der Waals surface area contributed by atoms with Gasteiger partial charge in [-0.2, -0.15) is 0 Å². The number of nitrogens with one attached hydrogen (secondary N) is 1. The summed E-state index contributed by atoms with van der Waals surface area (Å²) in [6.07, 6.45) is 1.76. The van der Waals surface area contributed by atoms with Gasteiger partial charge in [0.15, 0.2) is 0 Å². The minimum Gasteiger partial charge on any atom is -0.345 e. The number of aryl methyl sites for hydroxylation is 1. The number of benzene rings is 2. The molecule has 0 radical (unpaired) electrons. The summed E-state index contributed by atoms with van der Waals surface area (Å²) in [4.78, 5) is 12.3. The van der Waals surface area contributed by atoms with Gasteiger partial charge in [-0.15, -0.1) is 0 Å². The van der Waals surface area contributed by atoms with Crippen molar-refractivity contribution in [1.29, 1.82) is 0 Å². The molecule has 1 atom stereocenters. The molecule has 0 fully saturated rings. The van der Waals surface area contributed by atoms with Crippen LogP contribution in [0.5, 0.6) is 0 Å². The highest BCUT2D eigenvalue weighted by atomic mass is 19.1. The zero-order valence-electron chi connectivity index (χ0n) is 12.4. The number of hydrogen-bond donors (Lipinski definition) is 1. The Bertz CT molecular complexity index is 610. The molecular formula is C18H20FNO. The van der Waals surface area contributed by atoms with Gasteiger partial charge >= 0.3 is 0 Å². The fraction of sp³-hybridized carbons (Fsp3) is 0.278. The van der Waals surface area contributed by atoms with Crippen molar-refractivity contribution in [2.24, 2.45) is 0 Å². The third kappa shape index (κ3) is 3.69. The first-order valence-corrected chi connectivity index (χ1v) is 7.24. The Morgan fingerprint density at radius 1 is 1.14 bits per heavy atom. The maximum absolute atomic E-state index is 14.0. The highest BCUT2D eigenvalue weighted by Crippen LogP contribution is 2.20. The van der Waals surface area contributed by atoms with Crippen molar-refractivity contribution in [2.45, 2.75) is 32.7 Å². The summed E-state index contributed by atoms with van der Waals surface area (Å²) in [5.74, 6) is -0.809. The number of carbonyl (C=O) groups excluding carboxylic acids is 1. The van der Waals surface area contributed by atoms with Crippen LogP contribution < -0.4 is 5.32 Å². The van der Waals surface area contributed by atoms with Gasteiger partial charge in [0.25, 0.3) is 5.91 Å². The zero-order chi connectivity index (χ0) is 15.2. The maximum Gasteiger partial charge on any atom is 0.254 e. The lowest BCUT2D eigenvalue weighted by atomic mass is 10.0. The normalized spacial score (nSPS) is 12.0. The summed E-state index contributed by atoms with van der Waals surface area (Å²) in [5.41, 5.74) is 1.63. The van der Waals surface area contributed by atoms with Crippen LogP contribution in [0.15, 0.2) is 48.5 Å². The quantitative estimate of drug-likeness (QED) is 0.866. The lowest BCUT2D eigenvalue weighted by Gasteiger charge is -2.19. The second-order valence-corrected chi connectivity index (χ2v) is 5.16. The van der Waals surface area contributed by atoms with Crippen LogP contribution in [0.2, 0.25) is 0 Å². The van der Waals surface area contributed by atoms with Gasteiger partial charge in [-0.3, -0.25) is 4.79 Å². The van der Waals surface area contributed by atoms with Crippen LogP contribution in [0, 0.1) is 12.7 Å². The van der Waals surface area contributed by atoms with Crippen molar-refractivity contribution in [1.82, 2.24) is 5.32 Å². The predicted molar refractivity (Wildman–Crippen MR) is 82.7 cm³/mol. The van der Waals surface area contributed by atoms with E-state index in [-0.39, 0.29) is 17.5 Å². The molecule has 110 valence electrons. The number of carbonyl (C=O) groups is 1. The second kappa shape index (κ2) is 7.02. The molecule has 1 N–H and O–H groups in total. The van der Waals surface area contributed by atoms with Crippen molar-refractivity contribution in [3.05, 3.63) is 71.0 Å². The van der Waals surface area contributed by atoms with E-state index in [2.05, 4.69) is 12.2 Å².